The first-order chi connectivity index (χ1) is 9.58. The van der Waals surface area contributed by atoms with Crippen LogP contribution < -0.4 is 4.90 Å². The summed E-state index contributed by atoms with van der Waals surface area (Å²) < 4.78 is 0. The van der Waals surface area contributed by atoms with Crippen molar-refractivity contribution in [2.75, 3.05) is 11.4 Å². The third kappa shape index (κ3) is 2.31. The predicted octanol–water partition coefficient (Wildman–Crippen LogP) is 3.48. The molecular formula is C14H20N2O3S. The summed E-state index contributed by atoms with van der Waals surface area (Å²) in [5, 5.41) is 21.7. The molecular weight excluding hydrogens is 276 g/mol. The largest absolute Gasteiger partial charge is 0.388 e. The van der Waals surface area contributed by atoms with Gasteiger partial charge in [-0.1, -0.05) is 12.8 Å². The summed E-state index contributed by atoms with van der Waals surface area (Å²) in [5.41, 5.74) is 0.164. The third-order valence-corrected chi connectivity index (χ3v) is 5.92. The molecule has 110 valence electrons. The topological polar surface area (TPSA) is 66.6 Å². The van der Waals surface area contributed by atoms with Gasteiger partial charge in [-0.25, -0.2) is 0 Å². The van der Waals surface area contributed by atoms with Crippen molar-refractivity contribution in [1.82, 2.24) is 0 Å². The number of nitro groups is 1. The van der Waals surface area contributed by atoms with Gasteiger partial charge < -0.3 is 10.0 Å². The van der Waals surface area contributed by atoms with Crippen LogP contribution in [0, 0.1) is 16.0 Å². The second kappa shape index (κ2) is 5.33. The Morgan fingerprint density at radius 2 is 2.20 bits per heavy atom. The van der Waals surface area contributed by atoms with Gasteiger partial charge in [0.1, 0.15) is 0 Å². The van der Waals surface area contributed by atoms with Gasteiger partial charge in [-0.15, -0.1) is 11.3 Å². The average Bonchev–Trinajstić information content (AvgIpc) is 3.02. The van der Waals surface area contributed by atoms with Gasteiger partial charge in [-0.3, -0.25) is 10.1 Å². The van der Waals surface area contributed by atoms with Crippen LogP contribution in [0.25, 0.3) is 0 Å². The van der Waals surface area contributed by atoms with Crippen molar-refractivity contribution >= 4 is 22.0 Å². The summed E-state index contributed by atoms with van der Waals surface area (Å²) in [4.78, 5) is 13.9. The molecule has 1 aliphatic heterocycles. The van der Waals surface area contributed by atoms with Crippen molar-refractivity contribution < 1.29 is 10.0 Å². The quantitative estimate of drug-likeness (QED) is 0.685. The molecule has 0 spiro atoms. The van der Waals surface area contributed by atoms with E-state index in [9.17, 15) is 15.2 Å². The number of rotatable bonds is 3. The second-order valence-electron chi connectivity index (χ2n) is 5.87. The first-order valence-electron chi connectivity index (χ1n) is 7.30. The molecule has 3 rings (SSSR count). The maximum atomic E-state index is 11.3. The van der Waals surface area contributed by atoms with Crippen LogP contribution in [0.1, 0.15) is 50.0 Å². The lowest BCUT2D eigenvalue weighted by molar-refractivity contribution is -0.383. The standard InChI is InChI=1S/C14H20N2O3S/c1-9(17)13-8-12(16(18)19)14(20-13)15-7-6-10-4-2-3-5-11(10)15/h8-11,17H,2-7H2,1H3/t9-,10?,11?/m1/s1. The molecule has 6 heteroatoms. The first kappa shape index (κ1) is 13.8. The van der Waals surface area contributed by atoms with Crippen LogP contribution >= 0.6 is 11.3 Å². The molecule has 1 aromatic heterocycles. The highest BCUT2D eigenvalue weighted by Crippen LogP contribution is 2.46. The van der Waals surface area contributed by atoms with Crippen LogP contribution in [0.15, 0.2) is 6.07 Å². The van der Waals surface area contributed by atoms with Crippen LogP contribution in [0.5, 0.6) is 0 Å². The number of hydrogen-bond donors (Lipinski definition) is 1. The summed E-state index contributed by atoms with van der Waals surface area (Å²) in [6.45, 7) is 2.57. The van der Waals surface area contributed by atoms with Crippen LogP contribution in [-0.4, -0.2) is 22.6 Å². The number of anilines is 1. The number of fused-ring (bicyclic) bond motifs is 1. The number of nitrogens with zero attached hydrogens (tertiary/aromatic N) is 2. The van der Waals surface area contributed by atoms with Crippen molar-refractivity contribution in [2.24, 2.45) is 5.92 Å². The van der Waals surface area contributed by atoms with Gasteiger partial charge in [0.25, 0.3) is 0 Å². The van der Waals surface area contributed by atoms with E-state index in [1.54, 1.807) is 13.0 Å². The highest BCUT2D eigenvalue weighted by molar-refractivity contribution is 7.16. The molecule has 1 aliphatic carbocycles. The van der Waals surface area contributed by atoms with Crippen molar-refractivity contribution in [3.05, 3.63) is 21.1 Å². The van der Waals surface area contributed by atoms with Crippen molar-refractivity contribution in [3.8, 4) is 0 Å². The zero-order valence-corrected chi connectivity index (χ0v) is 12.4. The van der Waals surface area contributed by atoms with E-state index in [2.05, 4.69) is 4.90 Å². The van der Waals surface area contributed by atoms with E-state index in [-0.39, 0.29) is 10.6 Å². The van der Waals surface area contributed by atoms with Crippen LogP contribution in [0.2, 0.25) is 0 Å². The van der Waals surface area contributed by atoms with Gasteiger partial charge >= 0.3 is 5.69 Å². The number of aliphatic hydroxyl groups is 1. The zero-order chi connectivity index (χ0) is 14.3. The van der Waals surface area contributed by atoms with Crippen molar-refractivity contribution in [2.45, 2.75) is 51.2 Å². The van der Waals surface area contributed by atoms with Crippen molar-refractivity contribution in [1.29, 1.82) is 0 Å². The van der Waals surface area contributed by atoms with E-state index in [1.165, 1.54) is 30.6 Å². The van der Waals surface area contributed by atoms with Gasteiger partial charge in [0.2, 0.25) is 0 Å². The van der Waals surface area contributed by atoms with E-state index < -0.39 is 6.10 Å². The molecule has 2 unspecified atom stereocenters. The molecule has 20 heavy (non-hydrogen) atoms. The van der Waals surface area contributed by atoms with E-state index in [0.717, 1.165) is 24.4 Å². The molecule has 2 heterocycles. The Labute approximate surface area is 122 Å². The molecule has 1 saturated heterocycles. The Balaban J connectivity index is 1.94. The van der Waals surface area contributed by atoms with E-state index >= 15 is 0 Å². The Kier molecular flexibility index (Phi) is 3.69. The molecule has 0 radical (unpaired) electrons. The molecule has 1 saturated carbocycles. The van der Waals surface area contributed by atoms with E-state index in [0.29, 0.717) is 16.8 Å². The zero-order valence-electron chi connectivity index (χ0n) is 11.6. The molecule has 0 amide bonds. The molecule has 1 N–H and O–H groups in total. The molecule has 1 aromatic rings. The lowest BCUT2D eigenvalue weighted by Crippen LogP contribution is -2.34. The summed E-state index contributed by atoms with van der Waals surface area (Å²) in [5.74, 6) is 0.695. The van der Waals surface area contributed by atoms with Gasteiger partial charge in [-0.05, 0) is 32.1 Å². The number of hydrogen-bond acceptors (Lipinski definition) is 5. The van der Waals surface area contributed by atoms with E-state index in [1.807, 2.05) is 0 Å². The maximum Gasteiger partial charge on any atom is 0.304 e. The minimum absolute atomic E-state index is 0.164. The highest BCUT2D eigenvalue weighted by Gasteiger charge is 2.39. The molecule has 2 fully saturated rings. The fourth-order valence-corrected chi connectivity index (χ4v) is 4.74. The monoisotopic (exact) mass is 296 g/mol. The summed E-state index contributed by atoms with van der Waals surface area (Å²) >= 11 is 1.38. The first-order valence-corrected chi connectivity index (χ1v) is 8.12. The fraction of sp³-hybridized carbons (Fsp3) is 0.714. The Hall–Kier alpha value is -1.14. The molecule has 0 aromatic carbocycles. The predicted molar refractivity (Wildman–Crippen MR) is 79.3 cm³/mol. The number of aliphatic hydroxyl groups excluding tert-OH is 1. The minimum atomic E-state index is -0.641. The maximum absolute atomic E-state index is 11.3. The van der Waals surface area contributed by atoms with Gasteiger partial charge in [0.15, 0.2) is 5.00 Å². The van der Waals surface area contributed by atoms with Gasteiger partial charge in [-0.2, -0.15) is 0 Å². The molecule has 3 atom stereocenters. The third-order valence-electron chi connectivity index (χ3n) is 4.59. The molecule has 0 bridgehead atoms. The number of thiophene rings is 1. The van der Waals surface area contributed by atoms with Crippen LogP contribution in [0.3, 0.4) is 0 Å². The summed E-state index contributed by atoms with van der Waals surface area (Å²) in [6.07, 6.45) is 5.41. The lowest BCUT2D eigenvalue weighted by atomic mass is 9.85. The SMILES string of the molecule is C[C@@H](O)c1cc([N+](=O)[O-])c(N2CCC3CCCCC32)s1. The summed E-state index contributed by atoms with van der Waals surface area (Å²) in [7, 11) is 0. The smallest absolute Gasteiger partial charge is 0.304 e. The van der Waals surface area contributed by atoms with Crippen LogP contribution in [0.4, 0.5) is 10.7 Å². The van der Waals surface area contributed by atoms with Gasteiger partial charge in [0.05, 0.1) is 11.0 Å². The van der Waals surface area contributed by atoms with Gasteiger partial charge in [0, 0.05) is 23.5 Å². The highest BCUT2D eigenvalue weighted by atomic mass is 32.1. The second-order valence-corrected chi connectivity index (χ2v) is 6.93. The fourth-order valence-electron chi connectivity index (χ4n) is 3.59. The lowest BCUT2D eigenvalue weighted by Gasteiger charge is -2.31. The normalized spacial score (nSPS) is 27.4. The molecule has 2 aliphatic rings. The van der Waals surface area contributed by atoms with E-state index in [4.69, 9.17) is 0 Å². The Morgan fingerprint density at radius 3 is 2.90 bits per heavy atom. The summed E-state index contributed by atoms with van der Waals surface area (Å²) in [6, 6.07) is 2.00. The minimum Gasteiger partial charge on any atom is -0.388 e. The van der Waals surface area contributed by atoms with Crippen molar-refractivity contribution in [3.63, 3.8) is 0 Å². The van der Waals surface area contributed by atoms with Crippen LogP contribution in [-0.2, 0) is 0 Å². The average molecular weight is 296 g/mol. The molecule has 5 nitrogen and oxygen atoms in total. The Bertz CT molecular complexity index is 515. The Morgan fingerprint density at radius 1 is 1.45 bits per heavy atom.